The Kier molecular flexibility index (Phi) is 1.68. The Morgan fingerprint density at radius 1 is 1.69 bits per heavy atom. The van der Waals surface area contributed by atoms with Gasteiger partial charge in [0.25, 0.3) is 0 Å². The van der Waals surface area contributed by atoms with E-state index in [1.807, 2.05) is 0 Å². The lowest BCUT2D eigenvalue weighted by Crippen LogP contribution is -2.14. The van der Waals surface area contributed by atoms with Gasteiger partial charge in [-0.25, -0.2) is 0 Å². The largest absolute Gasteiger partial charge is 0.446 e. The van der Waals surface area contributed by atoms with Gasteiger partial charge in [0.2, 0.25) is 0 Å². The third kappa shape index (κ3) is 1.14. The summed E-state index contributed by atoms with van der Waals surface area (Å²) < 4.78 is 6.92. The summed E-state index contributed by atoms with van der Waals surface area (Å²) in [5.41, 5.74) is 0.569. The Hall–Kier alpha value is -1.59. The van der Waals surface area contributed by atoms with Crippen LogP contribution in [0.5, 0.6) is 6.01 Å². The van der Waals surface area contributed by atoms with E-state index in [1.165, 1.54) is 0 Å². The molecule has 1 aliphatic rings. The maximum atomic E-state index is 10.5. The van der Waals surface area contributed by atoms with Crippen LogP contribution in [0.25, 0.3) is 0 Å². The smallest absolute Gasteiger partial charge is 0.414 e. The van der Waals surface area contributed by atoms with E-state index < -0.39 is 4.92 Å². The van der Waals surface area contributed by atoms with Crippen LogP contribution < -0.4 is 4.74 Å². The molecule has 0 saturated carbocycles. The molecule has 0 saturated heterocycles. The van der Waals surface area contributed by atoms with Crippen molar-refractivity contribution in [2.45, 2.75) is 19.9 Å². The van der Waals surface area contributed by atoms with E-state index in [1.54, 1.807) is 11.5 Å². The van der Waals surface area contributed by atoms with E-state index in [9.17, 15) is 10.1 Å². The van der Waals surface area contributed by atoms with E-state index in [0.29, 0.717) is 18.3 Å². The predicted molar refractivity (Wildman–Crippen MR) is 43.7 cm³/mol. The van der Waals surface area contributed by atoms with Gasteiger partial charge in [0.1, 0.15) is 5.69 Å². The Morgan fingerprint density at radius 3 is 3.08 bits per heavy atom. The summed E-state index contributed by atoms with van der Waals surface area (Å²) in [7, 11) is 0. The number of hydrogen-bond acceptors (Lipinski definition) is 4. The van der Waals surface area contributed by atoms with Crippen LogP contribution in [0.1, 0.15) is 12.1 Å². The Morgan fingerprint density at radius 2 is 2.46 bits per heavy atom. The molecule has 2 rings (SSSR count). The van der Waals surface area contributed by atoms with Gasteiger partial charge in [-0.1, -0.05) is 0 Å². The molecule has 6 nitrogen and oxygen atoms in total. The van der Waals surface area contributed by atoms with Crippen LogP contribution in [0.4, 0.5) is 5.82 Å². The predicted octanol–water partition coefficient (Wildman–Crippen LogP) is 0.882. The first-order chi connectivity index (χ1) is 6.20. The molecule has 0 aromatic carbocycles. The van der Waals surface area contributed by atoms with Crippen LogP contribution in [0.2, 0.25) is 0 Å². The molecule has 13 heavy (non-hydrogen) atoms. The van der Waals surface area contributed by atoms with Crippen molar-refractivity contribution < 1.29 is 9.66 Å². The first-order valence-electron chi connectivity index (χ1n) is 4.04. The van der Waals surface area contributed by atoms with Gasteiger partial charge >= 0.3 is 11.8 Å². The number of nitrogens with zero attached hydrogens (tertiary/aromatic N) is 3. The van der Waals surface area contributed by atoms with Gasteiger partial charge in [-0.3, -0.25) is 4.57 Å². The number of imidazole rings is 1. The summed E-state index contributed by atoms with van der Waals surface area (Å²) in [6.45, 7) is 3.03. The zero-order valence-corrected chi connectivity index (χ0v) is 7.19. The lowest BCUT2D eigenvalue weighted by Gasteiger charge is -2.11. The van der Waals surface area contributed by atoms with Crippen molar-refractivity contribution in [3.63, 3.8) is 0 Å². The molecule has 2 heterocycles. The molecule has 1 aromatic rings. The van der Waals surface area contributed by atoms with Gasteiger partial charge in [-0.2, -0.15) is 0 Å². The van der Waals surface area contributed by atoms with Gasteiger partial charge in [-0.15, -0.1) is 0 Å². The normalized spacial score (nSPS) is 14.8. The molecule has 0 fully saturated rings. The van der Waals surface area contributed by atoms with Crippen LogP contribution in [-0.4, -0.2) is 21.1 Å². The molecule has 6 heteroatoms. The number of rotatable bonds is 1. The molecule has 0 amide bonds. The summed E-state index contributed by atoms with van der Waals surface area (Å²) >= 11 is 0. The number of ether oxygens (including phenoxy) is 1. The molecule has 0 spiro atoms. The number of fused-ring (bicyclic) bond motifs is 1. The summed E-state index contributed by atoms with van der Waals surface area (Å²) in [6, 6.07) is 0.371. The van der Waals surface area contributed by atoms with Crippen LogP contribution >= 0.6 is 0 Å². The van der Waals surface area contributed by atoms with E-state index in [-0.39, 0.29) is 5.82 Å². The van der Waals surface area contributed by atoms with Crippen LogP contribution in [0.15, 0.2) is 0 Å². The fourth-order valence-corrected chi connectivity index (χ4v) is 1.43. The zero-order chi connectivity index (χ0) is 9.42. The molecule has 70 valence electrons. The zero-order valence-electron chi connectivity index (χ0n) is 7.19. The highest BCUT2D eigenvalue weighted by Gasteiger charge is 2.27. The minimum absolute atomic E-state index is 0.100. The topological polar surface area (TPSA) is 70.2 Å². The van der Waals surface area contributed by atoms with Gasteiger partial charge in [0.05, 0.1) is 6.61 Å². The number of hydrogen-bond donors (Lipinski definition) is 0. The summed E-state index contributed by atoms with van der Waals surface area (Å²) in [4.78, 5) is 13.8. The van der Waals surface area contributed by atoms with Crippen LogP contribution in [-0.2, 0) is 6.54 Å². The molecule has 0 unspecified atom stereocenters. The molecule has 0 bridgehead atoms. The first-order valence-corrected chi connectivity index (χ1v) is 4.04. The van der Waals surface area contributed by atoms with Gasteiger partial charge in [0.15, 0.2) is 0 Å². The fourth-order valence-electron chi connectivity index (χ4n) is 1.43. The minimum Gasteiger partial charge on any atom is -0.446 e. The lowest BCUT2D eigenvalue weighted by atomic mass is 10.4. The molecule has 0 radical (unpaired) electrons. The second-order valence-corrected chi connectivity index (χ2v) is 2.91. The van der Waals surface area contributed by atoms with Gasteiger partial charge in [-0.05, 0) is 18.3 Å². The SMILES string of the molecule is Cc1c([N+](=O)[O-])nc2n1CCCO2. The molecular weight excluding hydrogens is 174 g/mol. The number of nitro groups is 1. The quantitative estimate of drug-likeness (QED) is 0.478. The molecule has 1 aromatic heterocycles. The van der Waals surface area contributed by atoms with E-state index in [4.69, 9.17) is 4.74 Å². The average Bonchev–Trinajstić information content (AvgIpc) is 2.45. The van der Waals surface area contributed by atoms with Crippen molar-refractivity contribution in [2.24, 2.45) is 0 Å². The van der Waals surface area contributed by atoms with Gasteiger partial charge in [0, 0.05) is 11.5 Å². The molecule has 1 aliphatic heterocycles. The van der Waals surface area contributed by atoms with E-state index >= 15 is 0 Å². The molecular formula is C7H9N3O3. The lowest BCUT2D eigenvalue weighted by molar-refractivity contribution is -0.390. The minimum atomic E-state index is -0.482. The molecule has 0 N–H and O–H groups in total. The van der Waals surface area contributed by atoms with Crippen molar-refractivity contribution in [1.29, 1.82) is 0 Å². The highest BCUT2D eigenvalue weighted by Crippen LogP contribution is 2.25. The standard InChI is InChI=1S/C7H9N3O3/c1-5-6(10(11)12)8-7-9(5)3-2-4-13-7/h2-4H2,1H3. The van der Waals surface area contributed by atoms with Crippen molar-refractivity contribution in [3.8, 4) is 6.01 Å². The monoisotopic (exact) mass is 183 g/mol. The Balaban J connectivity index is 2.50. The second-order valence-electron chi connectivity index (χ2n) is 2.91. The highest BCUT2D eigenvalue weighted by molar-refractivity contribution is 5.31. The van der Waals surface area contributed by atoms with Gasteiger partial charge < -0.3 is 14.9 Å². The van der Waals surface area contributed by atoms with Crippen molar-refractivity contribution >= 4 is 5.82 Å². The average molecular weight is 183 g/mol. The second kappa shape index (κ2) is 2.72. The Labute approximate surface area is 74.3 Å². The maximum absolute atomic E-state index is 10.5. The third-order valence-corrected chi connectivity index (χ3v) is 2.09. The van der Waals surface area contributed by atoms with E-state index in [0.717, 1.165) is 13.0 Å². The molecule has 0 aliphatic carbocycles. The summed E-state index contributed by atoms with van der Waals surface area (Å²) in [6.07, 6.45) is 0.876. The first kappa shape index (κ1) is 8.03. The summed E-state index contributed by atoms with van der Waals surface area (Å²) in [5, 5.41) is 10.5. The maximum Gasteiger partial charge on any atom is 0.414 e. The third-order valence-electron chi connectivity index (χ3n) is 2.09. The Bertz CT molecular complexity index is 358. The molecule has 0 atom stereocenters. The van der Waals surface area contributed by atoms with Crippen molar-refractivity contribution in [3.05, 3.63) is 15.8 Å². The van der Waals surface area contributed by atoms with Crippen LogP contribution in [0.3, 0.4) is 0 Å². The summed E-state index contributed by atoms with van der Waals surface area (Å²) in [5.74, 6) is -0.100. The van der Waals surface area contributed by atoms with Crippen molar-refractivity contribution in [2.75, 3.05) is 6.61 Å². The van der Waals surface area contributed by atoms with Crippen LogP contribution in [0, 0.1) is 17.0 Å². The van der Waals surface area contributed by atoms with E-state index in [2.05, 4.69) is 4.98 Å². The fraction of sp³-hybridized carbons (Fsp3) is 0.571. The highest BCUT2D eigenvalue weighted by atomic mass is 16.6. The van der Waals surface area contributed by atoms with Crippen molar-refractivity contribution in [1.82, 2.24) is 9.55 Å². The number of aromatic nitrogens is 2.